The quantitative estimate of drug-likeness (QED) is 0.0296. The van der Waals surface area contributed by atoms with Gasteiger partial charge >= 0.3 is 7.82 Å². The molecule has 0 bridgehead atoms. The van der Waals surface area contributed by atoms with Gasteiger partial charge in [-0.25, -0.2) is 4.57 Å². The lowest BCUT2D eigenvalue weighted by atomic mass is 10.1. The van der Waals surface area contributed by atoms with Crippen molar-refractivity contribution in [2.75, 3.05) is 40.9 Å². The number of hydrogen-bond donors (Lipinski definition) is 3. The Hall–Kier alpha value is -2.84. The number of carbonyl (C=O) groups is 1. The number of unbranched alkanes of at least 4 members (excludes halogenated alkanes) is 2. The monoisotopic (exact) mass is 715 g/mol. The van der Waals surface area contributed by atoms with Crippen molar-refractivity contribution in [2.24, 2.45) is 0 Å². The number of phosphoric acid groups is 1. The number of phosphoric ester groups is 1. The van der Waals surface area contributed by atoms with E-state index in [2.05, 4.69) is 91.2 Å². The van der Waals surface area contributed by atoms with E-state index in [9.17, 15) is 19.4 Å². The lowest BCUT2D eigenvalue weighted by Crippen LogP contribution is -2.45. The van der Waals surface area contributed by atoms with Gasteiger partial charge in [-0.05, 0) is 77.6 Å². The molecule has 50 heavy (non-hydrogen) atoms. The number of nitrogens with one attached hydrogen (secondary N) is 1. The number of likely N-dealkylation sites (N-methyl/N-ethyl adjacent to an activating group) is 1. The van der Waals surface area contributed by atoms with Gasteiger partial charge in [0.25, 0.3) is 0 Å². The number of quaternary nitrogens is 1. The number of rotatable bonds is 30. The maximum Gasteiger partial charge on any atom is 0.472 e. The van der Waals surface area contributed by atoms with Crippen LogP contribution in [0.15, 0.2) is 109 Å². The summed E-state index contributed by atoms with van der Waals surface area (Å²) >= 11 is 0. The maximum absolute atomic E-state index is 12.7. The van der Waals surface area contributed by atoms with Crippen LogP contribution in [0, 0.1) is 0 Å². The molecular formula is C41H68N2O6P+. The summed E-state index contributed by atoms with van der Waals surface area (Å²) in [5.74, 6) is -0.284. The molecule has 0 aliphatic carbocycles. The molecule has 0 fully saturated rings. The van der Waals surface area contributed by atoms with Crippen LogP contribution in [0.5, 0.6) is 0 Å². The van der Waals surface area contributed by atoms with E-state index in [4.69, 9.17) is 9.05 Å². The second-order valence-electron chi connectivity index (χ2n) is 12.9. The van der Waals surface area contributed by atoms with E-state index < -0.39 is 20.0 Å². The average molecular weight is 716 g/mol. The first-order chi connectivity index (χ1) is 24.0. The third-order valence-corrected chi connectivity index (χ3v) is 8.05. The summed E-state index contributed by atoms with van der Waals surface area (Å²) in [5.41, 5.74) is 0. The highest BCUT2D eigenvalue weighted by Gasteiger charge is 2.27. The molecule has 0 rings (SSSR count). The molecule has 0 aliphatic heterocycles. The summed E-state index contributed by atoms with van der Waals surface area (Å²) in [6.07, 6.45) is 46.3. The van der Waals surface area contributed by atoms with Crippen molar-refractivity contribution in [3.63, 3.8) is 0 Å². The topological polar surface area (TPSA) is 105 Å². The number of aliphatic hydroxyl groups is 1. The molecule has 0 heterocycles. The normalized spacial score (nSPS) is 15.9. The highest BCUT2D eigenvalue weighted by Crippen LogP contribution is 2.43. The number of allylic oxidation sites excluding steroid dienone is 17. The zero-order valence-corrected chi connectivity index (χ0v) is 32.5. The fourth-order valence-electron chi connectivity index (χ4n) is 4.16. The third kappa shape index (κ3) is 33.6. The molecular weight excluding hydrogens is 647 g/mol. The molecule has 282 valence electrons. The summed E-state index contributed by atoms with van der Waals surface area (Å²) in [6, 6.07) is -0.914. The molecule has 1 amide bonds. The van der Waals surface area contributed by atoms with Crippen LogP contribution in [0.4, 0.5) is 0 Å². The van der Waals surface area contributed by atoms with Crippen molar-refractivity contribution in [2.45, 2.75) is 103 Å². The molecule has 0 radical (unpaired) electrons. The Labute approximate surface area is 304 Å². The molecule has 3 atom stereocenters. The van der Waals surface area contributed by atoms with Crippen LogP contribution < -0.4 is 5.32 Å². The molecule has 9 heteroatoms. The molecule has 0 aromatic rings. The summed E-state index contributed by atoms with van der Waals surface area (Å²) in [5, 5.41) is 13.6. The lowest BCUT2D eigenvalue weighted by molar-refractivity contribution is -0.870. The largest absolute Gasteiger partial charge is 0.472 e. The molecule has 0 spiro atoms. The van der Waals surface area contributed by atoms with Crippen molar-refractivity contribution < 1.29 is 32.9 Å². The van der Waals surface area contributed by atoms with E-state index in [-0.39, 0.29) is 25.5 Å². The predicted molar refractivity (Wildman–Crippen MR) is 212 cm³/mol. The van der Waals surface area contributed by atoms with Crippen LogP contribution in [0.1, 0.15) is 90.9 Å². The first-order valence-electron chi connectivity index (χ1n) is 18.2. The van der Waals surface area contributed by atoms with Gasteiger partial charge in [-0.15, -0.1) is 0 Å². The number of nitrogens with zero attached hydrogens (tertiary/aromatic N) is 1. The van der Waals surface area contributed by atoms with Crippen molar-refractivity contribution >= 4 is 13.7 Å². The molecule has 0 aromatic heterocycles. The molecule has 0 aromatic carbocycles. The maximum atomic E-state index is 12.7. The van der Waals surface area contributed by atoms with Crippen molar-refractivity contribution in [1.29, 1.82) is 0 Å². The van der Waals surface area contributed by atoms with E-state index in [1.807, 2.05) is 52.4 Å². The molecule has 0 saturated heterocycles. The lowest BCUT2D eigenvalue weighted by Gasteiger charge is -2.25. The van der Waals surface area contributed by atoms with E-state index in [0.29, 0.717) is 23.9 Å². The number of carbonyl (C=O) groups excluding carboxylic acids is 1. The predicted octanol–water partition coefficient (Wildman–Crippen LogP) is 9.40. The Bertz CT molecular complexity index is 1170. The standard InChI is InChI=1S/C41H67N2O6P/c1-6-8-10-12-14-16-17-18-19-20-21-22-23-24-25-27-29-31-33-35-41(45)42-39(38-49-50(46,47)48-37-36-43(3,4)5)40(44)34-32-30-28-26-15-13-11-9-7-2/h7-10,14-16,18-19,21-22,24-26,29,31-32,34,39-40,44H,6,11-13,17,20,23,27-28,30,33,35-38H2,1-5H3,(H-,42,45,46,47)/p+1/b9-7+,10-8-,16-14-,19-18-,22-21-,25-24-,26-15+,31-29-,34-32+. The van der Waals surface area contributed by atoms with Crippen molar-refractivity contribution in [3.05, 3.63) is 109 Å². The Morgan fingerprint density at radius 1 is 0.700 bits per heavy atom. The van der Waals surface area contributed by atoms with Gasteiger partial charge in [0.2, 0.25) is 5.91 Å². The Morgan fingerprint density at radius 2 is 1.16 bits per heavy atom. The summed E-state index contributed by atoms with van der Waals surface area (Å²) in [6.45, 7) is 4.32. The van der Waals surface area contributed by atoms with E-state index >= 15 is 0 Å². The molecule has 3 N–H and O–H groups in total. The van der Waals surface area contributed by atoms with Gasteiger partial charge in [-0.3, -0.25) is 13.8 Å². The van der Waals surface area contributed by atoms with Gasteiger partial charge in [0.1, 0.15) is 13.2 Å². The summed E-state index contributed by atoms with van der Waals surface area (Å²) < 4.78 is 23.3. The van der Waals surface area contributed by atoms with Gasteiger partial charge < -0.3 is 19.8 Å². The van der Waals surface area contributed by atoms with E-state index in [0.717, 1.165) is 57.8 Å². The Balaban J connectivity index is 4.68. The zero-order chi connectivity index (χ0) is 37.2. The molecule has 8 nitrogen and oxygen atoms in total. The van der Waals surface area contributed by atoms with E-state index in [1.165, 1.54) is 0 Å². The van der Waals surface area contributed by atoms with Gasteiger partial charge in [0, 0.05) is 6.42 Å². The third-order valence-electron chi connectivity index (χ3n) is 7.06. The van der Waals surface area contributed by atoms with Crippen molar-refractivity contribution in [3.8, 4) is 0 Å². The van der Waals surface area contributed by atoms with Gasteiger partial charge in [0.05, 0.1) is 39.9 Å². The fraction of sp³-hybridized carbons (Fsp3) is 0.537. The number of aliphatic hydroxyl groups excluding tert-OH is 1. The smallest absolute Gasteiger partial charge is 0.387 e. The van der Waals surface area contributed by atoms with Gasteiger partial charge in [0.15, 0.2) is 0 Å². The van der Waals surface area contributed by atoms with Crippen LogP contribution >= 0.6 is 7.82 Å². The second-order valence-corrected chi connectivity index (χ2v) is 14.3. The van der Waals surface area contributed by atoms with Gasteiger partial charge in [-0.2, -0.15) is 0 Å². The summed E-state index contributed by atoms with van der Waals surface area (Å²) in [4.78, 5) is 22.9. The first-order valence-corrected chi connectivity index (χ1v) is 19.7. The first kappa shape index (κ1) is 47.2. The molecule has 0 aliphatic rings. The highest BCUT2D eigenvalue weighted by atomic mass is 31.2. The van der Waals surface area contributed by atoms with Crippen LogP contribution in [-0.4, -0.2) is 73.4 Å². The Kier molecular flexibility index (Phi) is 30.3. The van der Waals surface area contributed by atoms with Crippen LogP contribution in [-0.2, 0) is 18.4 Å². The number of hydrogen-bond acceptors (Lipinski definition) is 5. The molecule has 3 unspecified atom stereocenters. The van der Waals surface area contributed by atoms with Crippen LogP contribution in [0.3, 0.4) is 0 Å². The Morgan fingerprint density at radius 3 is 1.66 bits per heavy atom. The van der Waals surface area contributed by atoms with E-state index in [1.54, 1.807) is 6.08 Å². The fourth-order valence-corrected chi connectivity index (χ4v) is 4.89. The minimum Gasteiger partial charge on any atom is -0.387 e. The minimum atomic E-state index is -4.36. The number of amides is 1. The average Bonchev–Trinajstić information content (AvgIpc) is 3.06. The highest BCUT2D eigenvalue weighted by molar-refractivity contribution is 7.47. The minimum absolute atomic E-state index is 0.0327. The molecule has 0 saturated carbocycles. The zero-order valence-electron chi connectivity index (χ0n) is 31.6. The summed E-state index contributed by atoms with van der Waals surface area (Å²) in [7, 11) is 1.47. The van der Waals surface area contributed by atoms with Crippen LogP contribution in [0.2, 0.25) is 0 Å². The van der Waals surface area contributed by atoms with Crippen LogP contribution in [0.25, 0.3) is 0 Å². The van der Waals surface area contributed by atoms with Crippen molar-refractivity contribution in [1.82, 2.24) is 5.32 Å². The second kappa shape index (κ2) is 32.1. The SMILES string of the molecule is C/C=C/CC/C=C/CC/C=C/C(O)C(COP(=O)(O)OCC[N+](C)(C)C)NC(=O)CC/C=C\C/C=C\C/C=C\C/C=C\C/C=C\C/C=C\CC. The van der Waals surface area contributed by atoms with Gasteiger partial charge in [-0.1, -0.05) is 116 Å².